The molecule has 0 saturated carbocycles. The van der Waals surface area contributed by atoms with Crippen molar-refractivity contribution >= 4 is 12.2 Å². The summed E-state index contributed by atoms with van der Waals surface area (Å²) < 4.78 is 0. The second kappa shape index (κ2) is 6.23. The molecule has 0 saturated heterocycles. The molecule has 0 amide bonds. The van der Waals surface area contributed by atoms with Crippen LogP contribution in [0.1, 0.15) is 66.8 Å². The molecule has 3 aliphatic carbocycles. The van der Waals surface area contributed by atoms with Crippen molar-refractivity contribution < 1.29 is 0 Å². The average Bonchev–Trinajstić information content (AvgIpc) is 3.28. The normalized spacial score (nSPS) is 23.8. The van der Waals surface area contributed by atoms with Crippen LogP contribution in [0, 0.1) is 41.5 Å². The van der Waals surface area contributed by atoms with Gasteiger partial charge in [0, 0.05) is 0 Å². The molecule has 2 unspecified atom stereocenters. The fourth-order valence-electron chi connectivity index (χ4n) is 5.99. The van der Waals surface area contributed by atoms with E-state index in [2.05, 4.69) is 114 Å². The zero-order valence-electron chi connectivity index (χ0n) is 19.9. The minimum Gasteiger partial charge on any atom is -0.0682 e. The lowest BCUT2D eigenvalue weighted by molar-refractivity contribution is 0.703. The van der Waals surface area contributed by atoms with Gasteiger partial charge >= 0.3 is 0 Å². The maximum atomic E-state index is 2.48. The Morgan fingerprint density at radius 3 is 1.06 bits per heavy atom. The van der Waals surface area contributed by atoms with E-state index < -0.39 is 0 Å². The highest BCUT2D eigenvalue weighted by Gasteiger charge is 2.47. The standard InChI is InChI=1S/C32H30/c1-19-13-25-7-9-31(27(25)15-21(19)3)11-12-32(30-18-24(6)23(5)17-29(30)31)10-8-26-14-20(2)22(4)16-28(26)32/h7-18H,1-6H3. The van der Waals surface area contributed by atoms with Crippen molar-refractivity contribution in [2.45, 2.75) is 52.4 Å². The molecule has 0 aromatic heterocycles. The molecule has 158 valence electrons. The molecule has 3 aliphatic rings. The van der Waals surface area contributed by atoms with E-state index in [0.29, 0.717) is 0 Å². The number of fused-ring (bicyclic) bond motifs is 7. The Bertz CT molecular complexity index is 1320. The van der Waals surface area contributed by atoms with Crippen LogP contribution in [0.2, 0.25) is 0 Å². The summed E-state index contributed by atoms with van der Waals surface area (Å²) in [6.07, 6.45) is 14.5. The Labute approximate surface area is 192 Å². The molecule has 3 aromatic rings. The number of hydrogen-bond acceptors (Lipinski definition) is 0. The van der Waals surface area contributed by atoms with Crippen molar-refractivity contribution in [2.75, 3.05) is 0 Å². The van der Waals surface area contributed by atoms with Crippen molar-refractivity contribution in [3.8, 4) is 0 Å². The first-order valence-corrected chi connectivity index (χ1v) is 11.7. The second-order valence-corrected chi connectivity index (χ2v) is 10.3. The summed E-state index contributed by atoms with van der Waals surface area (Å²) in [5, 5.41) is 0. The lowest BCUT2D eigenvalue weighted by Crippen LogP contribution is -2.35. The summed E-state index contributed by atoms with van der Waals surface area (Å²) in [4.78, 5) is 0. The van der Waals surface area contributed by atoms with Gasteiger partial charge in [0.15, 0.2) is 0 Å². The Kier molecular flexibility index (Phi) is 3.81. The quantitative estimate of drug-likeness (QED) is 0.330. The molecule has 0 fully saturated rings. The molecule has 2 spiro atoms. The predicted octanol–water partition coefficient (Wildman–Crippen LogP) is 7.73. The highest BCUT2D eigenvalue weighted by Crippen LogP contribution is 2.55. The summed E-state index contributed by atoms with van der Waals surface area (Å²) in [5.41, 5.74) is 16.2. The lowest BCUT2D eigenvalue weighted by Gasteiger charge is -2.41. The van der Waals surface area contributed by atoms with Crippen LogP contribution >= 0.6 is 0 Å². The van der Waals surface area contributed by atoms with Gasteiger partial charge in [0.1, 0.15) is 0 Å². The molecule has 0 aliphatic heterocycles. The zero-order chi connectivity index (χ0) is 22.4. The Balaban J connectivity index is 1.68. The molecule has 6 rings (SSSR count). The number of hydrogen-bond donors (Lipinski definition) is 0. The minimum absolute atomic E-state index is 0.191. The molecular weight excluding hydrogens is 384 g/mol. The first kappa shape index (κ1) is 19.6. The maximum Gasteiger partial charge on any atom is 0.0575 e. The Morgan fingerprint density at radius 1 is 0.375 bits per heavy atom. The first-order valence-electron chi connectivity index (χ1n) is 11.7. The summed E-state index contributed by atoms with van der Waals surface area (Å²) in [6, 6.07) is 14.4. The van der Waals surface area contributed by atoms with Crippen LogP contribution in [0.4, 0.5) is 0 Å². The molecule has 3 aromatic carbocycles. The van der Waals surface area contributed by atoms with Gasteiger partial charge < -0.3 is 0 Å². The van der Waals surface area contributed by atoms with E-state index in [1.807, 2.05) is 0 Å². The minimum atomic E-state index is -0.191. The topological polar surface area (TPSA) is 0 Å². The molecule has 0 heterocycles. The molecule has 2 atom stereocenters. The number of aryl methyl sites for hydroxylation is 6. The first-order chi connectivity index (χ1) is 15.2. The predicted molar refractivity (Wildman–Crippen MR) is 137 cm³/mol. The summed E-state index contributed by atoms with van der Waals surface area (Å²) >= 11 is 0. The Morgan fingerprint density at radius 2 is 0.688 bits per heavy atom. The van der Waals surface area contributed by atoms with Crippen LogP contribution in [-0.2, 0) is 10.8 Å². The van der Waals surface area contributed by atoms with Crippen LogP contribution < -0.4 is 0 Å². The van der Waals surface area contributed by atoms with Crippen LogP contribution in [0.25, 0.3) is 12.2 Å². The molecule has 0 N–H and O–H groups in total. The van der Waals surface area contributed by atoms with Crippen molar-refractivity contribution in [1.29, 1.82) is 0 Å². The highest BCUT2D eigenvalue weighted by atomic mass is 14.5. The van der Waals surface area contributed by atoms with Gasteiger partial charge in [0.05, 0.1) is 10.8 Å². The van der Waals surface area contributed by atoms with E-state index in [9.17, 15) is 0 Å². The van der Waals surface area contributed by atoms with Crippen LogP contribution in [-0.4, -0.2) is 0 Å². The van der Waals surface area contributed by atoms with Gasteiger partial charge in [-0.25, -0.2) is 0 Å². The number of benzene rings is 3. The smallest absolute Gasteiger partial charge is 0.0575 e. The van der Waals surface area contributed by atoms with Gasteiger partial charge in [0.2, 0.25) is 0 Å². The maximum absolute atomic E-state index is 2.48. The second-order valence-electron chi connectivity index (χ2n) is 10.3. The number of rotatable bonds is 0. The monoisotopic (exact) mass is 414 g/mol. The third-order valence-corrected chi connectivity index (χ3v) is 8.41. The van der Waals surface area contributed by atoms with Gasteiger partial charge in [0.25, 0.3) is 0 Å². The average molecular weight is 415 g/mol. The van der Waals surface area contributed by atoms with E-state index in [1.165, 1.54) is 66.8 Å². The largest absolute Gasteiger partial charge is 0.0682 e. The van der Waals surface area contributed by atoms with E-state index in [0.717, 1.165) is 0 Å². The van der Waals surface area contributed by atoms with Crippen molar-refractivity contribution in [2.24, 2.45) is 0 Å². The van der Waals surface area contributed by atoms with E-state index >= 15 is 0 Å². The van der Waals surface area contributed by atoms with E-state index in [-0.39, 0.29) is 10.8 Å². The molecule has 0 bridgehead atoms. The Hall–Kier alpha value is -3.12. The van der Waals surface area contributed by atoms with Crippen molar-refractivity contribution in [3.63, 3.8) is 0 Å². The van der Waals surface area contributed by atoms with E-state index in [4.69, 9.17) is 0 Å². The lowest BCUT2D eigenvalue weighted by atomic mass is 9.61. The van der Waals surface area contributed by atoms with Gasteiger partial charge in [-0.15, -0.1) is 0 Å². The van der Waals surface area contributed by atoms with Gasteiger partial charge in [-0.2, -0.15) is 0 Å². The third kappa shape index (κ3) is 2.33. The number of allylic oxidation sites excluding steroid dienone is 4. The third-order valence-electron chi connectivity index (χ3n) is 8.41. The highest BCUT2D eigenvalue weighted by molar-refractivity contribution is 5.80. The van der Waals surface area contributed by atoms with Crippen LogP contribution in [0.5, 0.6) is 0 Å². The summed E-state index contributed by atoms with van der Waals surface area (Å²) in [5.74, 6) is 0. The molecule has 32 heavy (non-hydrogen) atoms. The van der Waals surface area contributed by atoms with Gasteiger partial charge in [-0.1, -0.05) is 72.9 Å². The van der Waals surface area contributed by atoms with Gasteiger partial charge in [-0.3, -0.25) is 0 Å². The molecule has 0 nitrogen and oxygen atoms in total. The molecular formula is C32H30. The fourth-order valence-corrected chi connectivity index (χ4v) is 5.99. The zero-order valence-corrected chi connectivity index (χ0v) is 19.9. The van der Waals surface area contributed by atoms with Crippen LogP contribution in [0.3, 0.4) is 0 Å². The van der Waals surface area contributed by atoms with Crippen LogP contribution in [0.15, 0.2) is 60.7 Å². The summed E-state index contributed by atoms with van der Waals surface area (Å²) in [6.45, 7) is 13.4. The summed E-state index contributed by atoms with van der Waals surface area (Å²) in [7, 11) is 0. The molecule has 0 radical (unpaired) electrons. The van der Waals surface area contributed by atoms with Crippen molar-refractivity contribution in [1.82, 2.24) is 0 Å². The SMILES string of the molecule is Cc1cc2c(cc1C)C1(C=C2)C=CC2(C=Cc3cc(C)c(C)cc32)c2cc(C)c(C)cc21. The van der Waals surface area contributed by atoms with Gasteiger partial charge in [-0.05, 0) is 108 Å². The molecule has 0 heteroatoms. The van der Waals surface area contributed by atoms with Crippen molar-refractivity contribution in [3.05, 3.63) is 127 Å². The fraction of sp³-hybridized carbons (Fsp3) is 0.250. The van der Waals surface area contributed by atoms with E-state index in [1.54, 1.807) is 0 Å².